The molecule has 236 valence electrons. The molecule has 2 saturated carbocycles. The van der Waals surface area contributed by atoms with Crippen LogP contribution in [0.1, 0.15) is 111 Å². The van der Waals surface area contributed by atoms with Gasteiger partial charge in [-0.2, -0.15) is 5.26 Å². The average molecular weight is 637 g/mol. The Morgan fingerprint density at radius 3 is 2.54 bits per heavy atom. The van der Waals surface area contributed by atoms with Crippen LogP contribution in [-0.4, -0.2) is 41.3 Å². The van der Waals surface area contributed by atoms with Crippen molar-refractivity contribution in [3.05, 3.63) is 82.7 Å². The number of carbonyl (C=O) groups excluding carboxylic acids is 1. The number of rotatable bonds is 5. The zero-order chi connectivity index (χ0) is 32.3. The summed E-state index contributed by atoms with van der Waals surface area (Å²) in [6, 6.07) is 15.8. The second-order valence-corrected chi connectivity index (χ2v) is 16.9. The van der Waals surface area contributed by atoms with Gasteiger partial charge >= 0.3 is 0 Å². The number of halogens is 1. The monoisotopic (exact) mass is 636 g/mol. The summed E-state index contributed by atoms with van der Waals surface area (Å²) < 4.78 is 34.1. The lowest BCUT2D eigenvalue weighted by Crippen LogP contribution is -2.59. The highest BCUT2D eigenvalue weighted by atomic mass is 32.2. The van der Waals surface area contributed by atoms with Crippen molar-refractivity contribution in [3.8, 4) is 17.2 Å². The molecule has 10 heteroatoms. The Labute approximate surface area is 270 Å². The molecule has 2 aliphatic heterocycles. The highest BCUT2D eigenvalue weighted by molar-refractivity contribution is 7.84. The molecular formula is C36H37FN6O2S. The van der Waals surface area contributed by atoms with Gasteiger partial charge in [-0.1, -0.05) is 18.2 Å². The van der Waals surface area contributed by atoms with Crippen molar-refractivity contribution in [1.29, 1.82) is 5.26 Å². The Morgan fingerprint density at radius 1 is 1.11 bits per heavy atom. The third-order valence-corrected chi connectivity index (χ3v) is 12.1. The molecule has 0 radical (unpaired) electrons. The van der Waals surface area contributed by atoms with Crippen molar-refractivity contribution in [3.63, 3.8) is 0 Å². The number of hydrogen-bond donors (Lipinski definition) is 1. The maximum Gasteiger partial charge on any atom is 0.254 e. The molecule has 4 aromatic rings. The molecule has 2 aromatic heterocycles. The first-order valence-electron chi connectivity index (χ1n) is 16.0. The van der Waals surface area contributed by atoms with Gasteiger partial charge in [0.15, 0.2) is 0 Å². The van der Waals surface area contributed by atoms with Crippen molar-refractivity contribution < 1.29 is 13.4 Å². The Bertz CT molecular complexity index is 2030. The van der Waals surface area contributed by atoms with E-state index < -0.39 is 32.5 Å². The molecule has 0 saturated heterocycles. The maximum absolute atomic E-state index is 16.1. The van der Waals surface area contributed by atoms with E-state index in [1.165, 1.54) is 11.6 Å². The number of aromatic nitrogens is 3. The minimum atomic E-state index is -1.48. The summed E-state index contributed by atoms with van der Waals surface area (Å²) in [7, 11) is 0.397. The van der Waals surface area contributed by atoms with E-state index in [4.69, 9.17) is 4.98 Å². The van der Waals surface area contributed by atoms with E-state index in [9.17, 15) is 14.3 Å². The second-order valence-electron chi connectivity index (χ2n) is 15.0. The fourth-order valence-electron chi connectivity index (χ4n) is 8.00. The molecule has 2 aromatic carbocycles. The number of amides is 1. The van der Waals surface area contributed by atoms with Crippen molar-refractivity contribution in [2.24, 2.45) is 5.41 Å². The van der Waals surface area contributed by atoms with E-state index in [2.05, 4.69) is 32.5 Å². The highest BCUT2D eigenvalue weighted by Gasteiger charge is 2.57. The first-order chi connectivity index (χ1) is 21.8. The number of benzene rings is 2. The first-order valence-corrected chi connectivity index (χ1v) is 17.2. The molecule has 2 bridgehead atoms. The Morgan fingerprint density at radius 2 is 1.87 bits per heavy atom. The molecule has 0 spiro atoms. The third-order valence-electron chi connectivity index (χ3n) is 10.4. The molecular weight excluding hydrogens is 600 g/mol. The number of hydrogen-bond acceptors (Lipinski definition) is 5. The van der Waals surface area contributed by atoms with E-state index in [1.807, 2.05) is 63.9 Å². The van der Waals surface area contributed by atoms with Gasteiger partial charge in [0.2, 0.25) is 0 Å². The highest BCUT2D eigenvalue weighted by Crippen LogP contribution is 2.55. The van der Waals surface area contributed by atoms with Crippen LogP contribution in [0, 0.1) is 22.6 Å². The van der Waals surface area contributed by atoms with Gasteiger partial charge in [0.25, 0.3) is 5.91 Å². The van der Waals surface area contributed by atoms with Crippen LogP contribution in [0.25, 0.3) is 22.2 Å². The van der Waals surface area contributed by atoms with E-state index in [0.717, 1.165) is 52.8 Å². The van der Waals surface area contributed by atoms with Gasteiger partial charge in [-0.3, -0.25) is 9.78 Å². The van der Waals surface area contributed by atoms with Gasteiger partial charge in [0, 0.05) is 30.8 Å². The molecule has 46 heavy (non-hydrogen) atoms. The van der Waals surface area contributed by atoms with Crippen LogP contribution >= 0.6 is 0 Å². The van der Waals surface area contributed by atoms with Crippen LogP contribution in [0.15, 0.2) is 48.7 Å². The molecule has 1 amide bonds. The number of nitrogens with zero attached hydrogens (tertiary/aromatic N) is 5. The smallest absolute Gasteiger partial charge is 0.254 e. The van der Waals surface area contributed by atoms with Crippen LogP contribution in [-0.2, 0) is 16.5 Å². The number of nitriles is 1. The largest absolute Gasteiger partial charge is 0.331 e. The van der Waals surface area contributed by atoms with Crippen LogP contribution in [0.2, 0.25) is 0 Å². The normalized spacial score (nSPS) is 27.5. The van der Waals surface area contributed by atoms with Gasteiger partial charge in [0.1, 0.15) is 11.6 Å². The van der Waals surface area contributed by atoms with Crippen LogP contribution in [0.3, 0.4) is 0 Å². The summed E-state index contributed by atoms with van der Waals surface area (Å²) in [5.74, 6) is 0.928. The summed E-state index contributed by atoms with van der Waals surface area (Å²) in [5.41, 5.74) is 4.95. The minimum absolute atomic E-state index is 0.0131. The van der Waals surface area contributed by atoms with E-state index in [0.29, 0.717) is 24.3 Å². The third kappa shape index (κ3) is 4.31. The zero-order valence-electron chi connectivity index (χ0n) is 26.7. The lowest BCUT2D eigenvalue weighted by molar-refractivity contribution is 0.0733. The Kier molecular flexibility index (Phi) is 6.27. The van der Waals surface area contributed by atoms with Gasteiger partial charge in [-0.25, -0.2) is 18.3 Å². The topological polar surface area (TPSA) is 104 Å². The minimum Gasteiger partial charge on any atom is -0.331 e. The predicted octanol–water partition coefficient (Wildman–Crippen LogP) is 6.81. The van der Waals surface area contributed by atoms with E-state index >= 15 is 4.39 Å². The molecule has 4 heterocycles. The molecule has 2 aliphatic carbocycles. The Hall–Kier alpha value is -3.94. The van der Waals surface area contributed by atoms with E-state index in [-0.39, 0.29) is 23.7 Å². The van der Waals surface area contributed by atoms with Gasteiger partial charge in [-0.05, 0) is 100 Å². The van der Waals surface area contributed by atoms with Crippen molar-refractivity contribution in [1.82, 2.24) is 24.2 Å². The number of fused-ring (bicyclic) bond motifs is 9. The summed E-state index contributed by atoms with van der Waals surface area (Å²) in [4.78, 5) is 25.1. The number of pyridine rings is 1. The number of carbonyl (C=O) groups is 1. The molecule has 8 nitrogen and oxygen atoms in total. The summed E-state index contributed by atoms with van der Waals surface area (Å²) >= 11 is 0. The SMILES string of the molecule is CN1C(=O)c2cccc(C3CC3)c2[C@H]2C[C@@H]1c1nc3ccc(-c4cnc(C5(NS(=O)C(C)(C)C)CC(C)(C#N)C5)c(F)c4)cc3n12. The zero-order valence-corrected chi connectivity index (χ0v) is 27.5. The maximum atomic E-state index is 16.1. The second kappa shape index (κ2) is 9.79. The standard InChI is InChI=1S/C36H37FN6O2S/c1-34(2,3)46(45)41-36(17-35(4,18-36)19-38)31-25(37)13-22(16-39-31)21-11-12-26-27(14-21)43-28-15-29(32(43)40-26)42(5)33(44)24-8-6-7-23(30(24)28)20-9-10-20/h6-8,11-14,16,20,28-29,41H,9-10,15,17-18H2,1-5H3/t28-,29-,35?,36?,46?/m1/s1. The van der Waals surface area contributed by atoms with Crippen LogP contribution in [0.5, 0.6) is 0 Å². The lowest BCUT2D eigenvalue weighted by Gasteiger charge is -2.51. The van der Waals surface area contributed by atoms with Gasteiger partial charge in [0.05, 0.1) is 61.6 Å². The van der Waals surface area contributed by atoms with E-state index in [1.54, 1.807) is 6.20 Å². The molecule has 2 fully saturated rings. The van der Waals surface area contributed by atoms with Crippen LogP contribution in [0.4, 0.5) is 4.39 Å². The molecule has 3 atom stereocenters. The number of nitrogens with one attached hydrogen (secondary N) is 1. The summed E-state index contributed by atoms with van der Waals surface area (Å²) in [6.45, 7) is 7.42. The van der Waals surface area contributed by atoms with Gasteiger partial charge in [-0.15, -0.1) is 0 Å². The quantitative estimate of drug-likeness (QED) is 0.259. The summed E-state index contributed by atoms with van der Waals surface area (Å²) in [6.07, 6.45) is 5.37. The first kappa shape index (κ1) is 29.5. The summed E-state index contributed by atoms with van der Waals surface area (Å²) in [5, 5.41) is 9.72. The fraction of sp³-hybridized carbons (Fsp3) is 0.444. The number of imidazole rings is 1. The Balaban J connectivity index is 1.20. The van der Waals surface area contributed by atoms with Crippen molar-refractivity contribution >= 4 is 27.9 Å². The molecule has 1 unspecified atom stereocenters. The van der Waals surface area contributed by atoms with Gasteiger partial charge < -0.3 is 9.47 Å². The average Bonchev–Trinajstić information content (AvgIpc) is 3.71. The lowest BCUT2D eigenvalue weighted by atomic mass is 9.58. The van der Waals surface area contributed by atoms with Crippen molar-refractivity contribution in [2.75, 3.05) is 7.05 Å². The van der Waals surface area contributed by atoms with Crippen LogP contribution < -0.4 is 4.72 Å². The molecule has 4 aliphatic rings. The molecule has 8 rings (SSSR count). The fourth-order valence-corrected chi connectivity index (χ4v) is 8.91. The predicted molar refractivity (Wildman–Crippen MR) is 175 cm³/mol. The molecule has 1 N–H and O–H groups in total. The van der Waals surface area contributed by atoms with Crippen molar-refractivity contribution in [2.45, 2.75) is 88.1 Å².